The summed E-state index contributed by atoms with van der Waals surface area (Å²) in [4.78, 5) is 52.5. The van der Waals surface area contributed by atoms with E-state index in [1.807, 2.05) is 17.5 Å². The van der Waals surface area contributed by atoms with Gasteiger partial charge in [0.15, 0.2) is 4.34 Å². The molecule has 0 saturated carbocycles. The number of nitrogens with one attached hydrogen (secondary N) is 1. The third kappa shape index (κ3) is 4.88. The number of rotatable bonds is 8. The molecule has 0 aliphatic carbocycles. The van der Waals surface area contributed by atoms with Crippen LogP contribution in [0.25, 0.3) is 0 Å². The fourth-order valence-electron chi connectivity index (χ4n) is 3.43. The van der Waals surface area contributed by atoms with Crippen LogP contribution in [0.5, 0.6) is 0 Å². The van der Waals surface area contributed by atoms with Crippen LogP contribution in [0, 0.1) is 5.41 Å². The van der Waals surface area contributed by atoms with Gasteiger partial charge in [-0.1, -0.05) is 29.2 Å². The van der Waals surface area contributed by atoms with Gasteiger partial charge < -0.3 is 15.3 Å². The Balaban J connectivity index is 1.36. The number of thiophene rings is 1. The number of anilines is 1. The minimum atomic E-state index is -1.15. The minimum absolute atomic E-state index is 0.0716. The summed E-state index contributed by atoms with van der Waals surface area (Å²) >= 11 is 5.32. The molecule has 33 heavy (non-hydrogen) atoms. The van der Waals surface area contributed by atoms with Gasteiger partial charge in [-0.2, -0.15) is 0 Å². The Morgan fingerprint density at radius 3 is 2.85 bits per heavy atom. The van der Waals surface area contributed by atoms with E-state index < -0.39 is 17.4 Å². The molecule has 2 aromatic heterocycles. The van der Waals surface area contributed by atoms with Crippen molar-refractivity contribution in [3.63, 3.8) is 0 Å². The van der Waals surface area contributed by atoms with Crippen LogP contribution in [0.2, 0.25) is 0 Å². The number of β-lactam (4-membered cyclic amide) rings is 1. The summed E-state index contributed by atoms with van der Waals surface area (Å²) in [6.07, 6.45) is 0.219. The van der Waals surface area contributed by atoms with Crippen LogP contribution in [0.3, 0.4) is 0 Å². The number of carboxylic acid groups (broad SMARTS) is 1. The lowest BCUT2D eigenvalue weighted by molar-refractivity contribution is -0.157. The van der Waals surface area contributed by atoms with E-state index in [0.717, 1.165) is 4.88 Å². The highest BCUT2D eigenvalue weighted by Crippen LogP contribution is 2.45. The van der Waals surface area contributed by atoms with Crippen LogP contribution in [0.4, 0.5) is 5.13 Å². The van der Waals surface area contributed by atoms with E-state index in [2.05, 4.69) is 15.5 Å². The number of carbonyl (C=O) groups is 4. The van der Waals surface area contributed by atoms with Gasteiger partial charge in [0.05, 0.1) is 6.42 Å². The summed E-state index contributed by atoms with van der Waals surface area (Å²) in [5.41, 5.74) is -1.15. The van der Waals surface area contributed by atoms with Crippen molar-refractivity contribution in [3.05, 3.63) is 22.4 Å². The maximum Gasteiger partial charge on any atom is 0.313 e. The van der Waals surface area contributed by atoms with Crippen LogP contribution in [0.15, 0.2) is 21.9 Å². The molecule has 2 aliphatic heterocycles. The maximum atomic E-state index is 12.7. The van der Waals surface area contributed by atoms with Crippen molar-refractivity contribution in [1.29, 1.82) is 0 Å². The monoisotopic (exact) mass is 527 g/mol. The average molecular weight is 528 g/mol. The largest absolute Gasteiger partial charge is 0.481 e. The lowest BCUT2D eigenvalue weighted by Crippen LogP contribution is -2.74. The Morgan fingerprint density at radius 2 is 2.18 bits per heavy atom. The first-order chi connectivity index (χ1) is 15.7. The number of aliphatic carboxylic acids is 1. The molecule has 2 aliphatic rings. The van der Waals surface area contributed by atoms with Gasteiger partial charge in [0.1, 0.15) is 16.8 Å². The Morgan fingerprint density at radius 1 is 1.39 bits per heavy atom. The third-order valence-electron chi connectivity index (χ3n) is 5.46. The van der Waals surface area contributed by atoms with E-state index >= 15 is 0 Å². The minimum Gasteiger partial charge on any atom is -0.481 e. The second kappa shape index (κ2) is 9.60. The molecule has 0 aromatic carbocycles. The second-order valence-corrected chi connectivity index (χ2v) is 12.1. The Kier molecular flexibility index (Phi) is 6.98. The molecule has 176 valence electrons. The van der Waals surface area contributed by atoms with Gasteiger partial charge in [-0.15, -0.1) is 33.3 Å². The van der Waals surface area contributed by atoms with Crippen molar-refractivity contribution >= 4 is 75.0 Å². The van der Waals surface area contributed by atoms with Gasteiger partial charge >= 0.3 is 5.97 Å². The van der Waals surface area contributed by atoms with Gasteiger partial charge in [0.2, 0.25) is 22.9 Å². The van der Waals surface area contributed by atoms with E-state index in [1.54, 1.807) is 7.05 Å². The summed E-state index contributed by atoms with van der Waals surface area (Å²) < 4.78 is 0.555. The molecule has 2 aromatic rings. The van der Waals surface area contributed by atoms with Gasteiger partial charge in [-0.25, -0.2) is 0 Å². The number of hydrogen-bond donors (Lipinski definition) is 2. The highest BCUT2D eigenvalue weighted by molar-refractivity contribution is 8.01. The van der Waals surface area contributed by atoms with Crippen LogP contribution in [0.1, 0.15) is 11.8 Å². The van der Waals surface area contributed by atoms with Crippen molar-refractivity contribution in [2.24, 2.45) is 5.41 Å². The summed E-state index contributed by atoms with van der Waals surface area (Å²) in [6.45, 7) is 1.49. The second-order valence-electron chi connectivity index (χ2n) is 7.77. The lowest BCUT2D eigenvalue weighted by Gasteiger charge is -2.53. The zero-order chi connectivity index (χ0) is 23.8. The number of carboxylic acids is 1. The molecule has 14 heteroatoms. The van der Waals surface area contributed by atoms with E-state index in [9.17, 15) is 24.3 Å². The molecule has 0 spiro atoms. The van der Waals surface area contributed by atoms with Gasteiger partial charge in [-0.3, -0.25) is 24.1 Å². The van der Waals surface area contributed by atoms with Crippen LogP contribution in [-0.2, 0) is 25.6 Å². The van der Waals surface area contributed by atoms with E-state index in [4.69, 9.17) is 0 Å². The average Bonchev–Trinajstić information content (AvgIpc) is 3.47. The first-order valence-corrected chi connectivity index (χ1v) is 13.6. The van der Waals surface area contributed by atoms with Crippen molar-refractivity contribution in [2.45, 2.75) is 29.1 Å². The number of nitrogens with zero attached hydrogens (tertiary/aromatic N) is 4. The van der Waals surface area contributed by atoms with Crippen molar-refractivity contribution in [1.82, 2.24) is 20.4 Å². The Labute approximate surface area is 206 Å². The number of thioether (sulfide) groups is 2. The van der Waals surface area contributed by atoms with Crippen molar-refractivity contribution in [3.8, 4) is 0 Å². The van der Waals surface area contributed by atoms with Crippen molar-refractivity contribution < 1.29 is 24.3 Å². The molecule has 2 unspecified atom stereocenters. The molecule has 0 radical (unpaired) electrons. The summed E-state index contributed by atoms with van der Waals surface area (Å²) in [7, 11) is 1.60. The molecule has 0 bridgehead atoms. The fraction of sp³-hybridized carbons (Fsp3) is 0.474. The Bertz CT molecular complexity index is 1080. The lowest BCUT2D eigenvalue weighted by atomic mass is 9.89. The van der Waals surface area contributed by atoms with Crippen LogP contribution >= 0.6 is 46.2 Å². The van der Waals surface area contributed by atoms with Gasteiger partial charge in [0.25, 0.3) is 0 Å². The van der Waals surface area contributed by atoms with Crippen LogP contribution in [-0.4, -0.2) is 80.4 Å². The van der Waals surface area contributed by atoms with Gasteiger partial charge in [-0.05, 0) is 11.4 Å². The molecular formula is C19H21N5O5S4. The molecule has 2 fully saturated rings. The quantitative estimate of drug-likeness (QED) is 0.297. The molecule has 2 N–H and O–H groups in total. The van der Waals surface area contributed by atoms with Gasteiger partial charge in [0, 0.05) is 36.9 Å². The molecule has 3 amide bonds. The standard InChI is InChI=1S/C19H21N5O5S4/c1-10(25)23(2)17-21-22-18(33-17)32-9-19(16(28)29)7-24-14(27)13(15(24)31-8-19)20-12(26)6-11-4-3-5-30-11/h3-5,13,15H,6-9H2,1-2H3,(H,20,26)(H,28,29)/t13?,15-,19?/m1/s1. The molecule has 10 nitrogen and oxygen atoms in total. The van der Waals surface area contributed by atoms with E-state index in [0.29, 0.717) is 15.2 Å². The van der Waals surface area contributed by atoms with Crippen molar-refractivity contribution in [2.75, 3.05) is 30.0 Å². The highest BCUT2D eigenvalue weighted by Gasteiger charge is 2.57. The number of amides is 3. The molecule has 2 saturated heterocycles. The normalized spacial score (nSPS) is 24.1. The fourth-order valence-corrected chi connectivity index (χ4v) is 7.84. The Hall–Kier alpha value is -2.16. The number of carbonyl (C=O) groups excluding carboxylic acids is 3. The number of fused-ring (bicyclic) bond motifs is 1. The third-order valence-corrected chi connectivity index (χ3v) is 10.3. The molecular weight excluding hydrogens is 507 g/mol. The first kappa shape index (κ1) is 24.0. The summed E-state index contributed by atoms with van der Waals surface area (Å²) in [6, 6.07) is 3.11. The SMILES string of the molecule is CC(=O)N(C)c1nnc(SCC2(C(=O)O)CS[C@@H]3C(NC(=O)Cc4cccs4)C(=O)N3C2)s1. The summed E-state index contributed by atoms with van der Waals surface area (Å²) in [5.74, 6) is -1.12. The zero-order valence-electron chi connectivity index (χ0n) is 17.7. The molecule has 4 rings (SSSR count). The number of hydrogen-bond acceptors (Lipinski definition) is 10. The predicted molar refractivity (Wildman–Crippen MR) is 128 cm³/mol. The zero-order valence-corrected chi connectivity index (χ0v) is 21.0. The summed E-state index contributed by atoms with van der Waals surface area (Å²) in [5, 5.41) is 22.9. The van der Waals surface area contributed by atoms with E-state index in [-0.39, 0.29) is 41.8 Å². The topological polar surface area (TPSA) is 133 Å². The number of aromatic nitrogens is 2. The maximum absolute atomic E-state index is 12.7. The van der Waals surface area contributed by atoms with Crippen LogP contribution < -0.4 is 10.2 Å². The van der Waals surface area contributed by atoms with E-state index in [1.165, 1.54) is 62.9 Å². The smallest absolute Gasteiger partial charge is 0.313 e. The predicted octanol–water partition coefficient (Wildman–Crippen LogP) is 1.39. The molecule has 4 heterocycles. The first-order valence-electron chi connectivity index (χ1n) is 9.88. The highest BCUT2D eigenvalue weighted by atomic mass is 32.2. The molecule has 3 atom stereocenters.